The van der Waals surface area contributed by atoms with Crippen LogP contribution >= 0.6 is 0 Å². The van der Waals surface area contributed by atoms with Gasteiger partial charge in [0.25, 0.3) is 0 Å². The van der Waals surface area contributed by atoms with Gasteiger partial charge in [0.1, 0.15) is 0 Å². The number of hydrogen-bond donors (Lipinski definition) is 1. The van der Waals surface area contributed by atoms with E-state index in [4.69, 9.17) is 4.74 Å². The van der Waals surface area contributed by atoms with Gasteiger partial charge in [-0.25, -0.2) is 0 Å². The van der Waals surface area contributed by atoms with Crippen LogP contribution < -0.4 is 5.32 Å². The average molecular weight is 281 g/mol. The molecule has 1 rings (SSSR count). The lowest BCUT2D eigenvalue weighted by Crippen LogP contribution is -2.50. The Kier molecular flexibility index (Phi) is 6.69. The number of hydrogen-bond acceptors (Lipinski definition) is 3. The molecule has 0 radical (unpaired) electrons. The first kappa shape index (κ1) is 17.2. The number of ether oxygens (including phenoxy) is 1. The van der Waals surface area contributed by atoms with Gasteiger partial charge >= 0.3 is 0 Å². The molecule has 1 unspecified atom stereocenters. The van der Waals surface area contributed by atoms with E-state index in [2.05, 4.69) is 62.7 Å². The summed E-state index contributed by atoms with van der Waals surface area (Å²) in [4.78, 5) is 0. The minimum atomic E-state index is -0.180. The van der Waals surface area contributed by atoms with Crippen molar-refractivity contribution < 1.29 is 4.74 Å². The quantitative estimate of drug-likeness (QED) is 0.756. The van der Waals surface area contributed by atoms with Gasteiger partial charge in [0.15, 0.2) is 0 Å². The number of nitrogens with zero attached hydrogens (tertiary/aromatic N) is 2. The molecule has 4 heteroatoms. The summed E-state index contributed by atoms with van der Waals surface area (Å²) in [5, 5.41) is 8.18. The summed E-state index contributed by atoms with van der Waals surface area (Å²) < 4.78 is 8.04. The third-order valence-electron chi connectivity index (χ3n) is 3.69. The van der Waals surface area contributed by atoms with Crippen molar-refractivity contribution in [1.82, 2.24) is 15.1 Å². The lowest BCUT2D eigenvalue weighted by atomic mass is 9.93. The highest BCUT2D eigenvalue weighted by atomic mass is 16.5. The minimum absolute atomic E-state index is 0.180. The van der Waals surface area contributed by atoms with Crippen molar-refractivity contribution in [2.24, 2.45) is 0 Å². The predicted molar refractivity (Wildman–Crippen MR) is 84.1 cm³/mol. The maximum atomic E-state index is 5.95. The average Bonchev–Trinajstić information content (AvgIpc) is 2.74. The summed E-state index contributed by atoms with van der Waals surface area (Å²) in [5.74, 6) is 0. The summed E-state index contributed by atoms with van der Waals surface area (Å²) in [6, 6.07) is 2.48. The van der Waals surface area contributed by atoms with E-state index in [1.54, 1.807) is 0 Å². The summed E-state index contributed by atoms with van der Waals surface area (Å²) in [7, 11) is 0. The van der Waals surface area contributed by atoms with Crippen LogP contribution in [0.4, 0.5) is 0 Å². The van der Waals surface area contributed by atoms with Gasteiger partial charge in [0, 0.05) is 31.3 Å². The van der Waals surface area contributed by atoms with Crippen molar-refractivity contribution in [3.8, 4) is 0 Å². The van der Waals surface area contributed by atoms with Crippen LogP contribution in [0.1, 0.15) is 52.4 Å². The predicted octanol–water partition coefficient (Wildman–Crippen LogP) is 2.94. The minimum Gasteiger partial charge on any atom is -0.374 e. The Morgan fingerprint density at radius 1 is 1.35 bits per heavy atom. The molecule has 0 saturated heterocycles. The maximum Gasteiger partial charge on any atom is 0.0782 e. The van der Waals surface area contributed by atoms with Gasteiger partial charge in [-0.15, -0.1) is 0 Å². The summed E-state index contributed by atoms with van der Waals surface area (Å²) >= 11 is 0. The summed E-state index contributed by atoms with van der Waals surface area (Å²) in [6.07, 6.45) is 2.08. The van der Waals surface area contributed by atoms with Crippen molar-refractivity contribution in [2.45, 2.75) is 72.6 Å². The molecule has 0 aliphatic carbocycles. The monoisotopic (exact) mass is 281 g/mol. The Labute approximate surface area is 123 Å². The fraction of sp³-hybridized carbons (Fsp3) is 0.812. The van der Waals surface area contributed by atoms with Gasteiger partial charge in [0.05, 0.1) is 11.3 Å². The Hall–Kier alpha value is -0.870. The fourth-order valence-corrected chi connectivity index (χ4v) is 2.60. The Balaban J connectivity index is 2.88. The highest BCUT2D eigenvalue weighted by Gasteiger charge is 2.30. The van der Waals surface area contributed by atoms with Crippen LogP contribution in [0.3, 0.4) is 0 Å². The molecule has 1 aromatic heterocycles. The molecule has 0 spiro atoms. The topological polar surface area (TPSA) is 39.1 Å². The first-order chi connectivity index (χ1) is 9.44. The van der Waals surface area contributed by atoms with E-state index in [-0.39, 0.29) is 5.60 Å². The molecule has 0 aliphatic rings. The van der Waals surface area contributed by atoms with Crippen molar-refractivity contribution >= 4 is 0 Å². The number of rotatable bonds is 9. The molecule has 0 fully saturated rings. The van der Waals surface area contributed by atoms with E-state index in [1.165, 1.54) is 5.69 Å². The first-order valence-corrected chi connectivity index (χ1v) is 7.85. The molecule has 0 aliphatic heterocycles. The molecule has 20 heavy (non-hydrogen) atoms. The van der Waals surface area contributed by atoms with Gasteiger partial charge < -0.3 is 10.1 Å². The van der Waals surface area contributed by atoms with E-state index >= 15 is 0 Å². The van der Waals surface area contributed by atoms with Crippen LogP contribution in [-0.2, 0) is 17.7 Å². The van der Waals surface area contributed by atoms with Gasteiger partial charge in [-0.05, 0) is 53.7 Å². The molecule has 1 atom stereocenters. The van der Waals surface area contributed by atoms with Crippen molar-refractivity contribution in [2.75, 3.05) is 13.2 Å². The molecule has 0 bridgehead atoms. The van der Waals surface area contributed by atoms with Crippen molar-refractivity contribution in [3.63, 3.8) is 0 Å². The van der Waals surface area contributed by atoms with Crippen LogP contribution in [0.5, 0.6) is 0 Å². The Morgan fingerprint density at radius 3 is 2.60 bits per heavy atom. The van der Waals surface area contributed by atoms with E-state index in [0.29, 0.717) is 6.04 Å². The number of aromatic nitrogens is 2. The van der Waals surface area contributed by atoms with Gasteiger partial charge in [-0.3, -0.25) is 4.68 Å². The SMILES string of the molecule is CCCNC(Cc1cc(C)nn1CC)C(C)(C)OCC. The third-order valence-corrected chi connectivity index (χ3v) is 3.69. The van der Waals surface area contributed by atoms with Gasteiger partial charge in [-0.2, -0.15) is 5.10 Å². The van der Waals surface area contributed by atoms with Crippen LogP contribution in [0, 0.1) is 6.92 Å². The summed E-state index contributed by atoms with van der Waals surface area (Å²) in [5.41, 5.74) is 2.19. The third kappa shape index (κ3) is 4.60. The lowest BCUT2D eigenvalue weighted by molar-refractivity contribution is -0.0383. The van der Waals surface area contributed by atoms with Crippen molar-refractivity contribution in [3.05, 3.63) is 17.5 Å². The van der Waals surface area contributed by atoms with E-state index < -0.39 is 0 Å². The van der Waals surface area contributed by atoms with Crippen LogP contribution in [-0.4, -0.2) is 34.6 Å². The zero-order valence-corrected chi connectivity index (χ0v) is 14.0. The molecule has 0 aromatic carbocycles. The van der Waals surface area contributed by atoms with Gasteiger partial charge in [0.2, 0.25) is 0 Å². The first-order valence-electron chi connectivity index (χ1n) is 7.85. The van der Waals surface area contributed by atoms with E-state index in [9.17, 15) is 0 Å². The van der Waals surface area contributed by atoms with Crippen LogP contribution in [0.15, 0.2) is 6.07 Å². The lowest BCUT2D eigenvalue weighted by Gasteiger charge is -2.35. The van der Waals surface area contributed by atoms with Gasteiger partial charge in [-0.1, -0.05) is 6.92 Å². The number of nitrogens with one attached hydrogen (secondary N) is 1. The number of aryl methyl sites for hydroxylation is 2. The van der Waals surface area contributed by atoms with Crippen molar-refractivity contribution in [1.29, 1.82) is 0 Å². The molecule has 1 heterocycles. The second-order valence-corrected chi connectivity index (χ2v) is 5.84. The highest BCUT2D eigenvalue weighted by molar-refractivity contribution is 5.12. The largest absolute Gasteiger partial charge is 0.374 e. The molecule has 4 nitrogen and oxygen atoms in total. The molecule has 116 valence electrons. The Morgan fingerprint density at radius 2 is 2.05 bits per heavy atom. The molecule has 1 N–H and O–H groups in total. The molecule has 0 saturated carbocycles. The smallest absolute Gasteiger partial charge is 0.0782 e. The van der Waals surface area contributed by atoms with Crippen LogP contribution in [0.2, 0.25) is 0 Å². The maximum absolute atomic E-state index is 5.95. The normalized spacial score (nSPS) is 13.7. The molecule has 1 aromatic rings. The second kappa shape index (κ2) is 7.79. The zero-order valence-electron chi connectivity index (χ0n) is 14.0. The van der Waals surface area contributed by atoms with E-state index in [0.717, 1.165) is 38.2 Å². The standard InChI is InChI=1S/C16H31N3O/c1-7-10-17-15(16(5,6)20-9-3)12-14-11-13(4)18-19(14)8-2/h11,15,17H,7-10,12H2,1-6H3. The molecular weight excluding hydrogens is 250 g/mol. The Bertz CT molecular complexity index is 398. The van der Waals surface area contributed by atoms with Crippen LogP contribution in [0.25, 0.3) is 0 Å². The zero-order chi connectivity index (χ0) is 15.2. The molecule has 0 amide bonds. The fourth-order valence-electron chi connectivity index (χ4n) is 2.60. The second-order valence-electron chi connectivity index (χ2n) is 5.84. The molecular formula is C16H31N3O. The highest BCUT2D eigenvalue weighted by Crippen LogP contribution is 2.20. The van der Waals surface area contributed by atoms with E-state index in [1.807, 2.05) is 0 Å². The summed E-state index contributed by atoms with van der Waals surface area (Å²) in [6.45, 7) is 15.4.